The maximum absolute atomic E-state index is 13.5. The molecule has 1 aromatic rings. The number of nitrogens with zero attached hydrogens (tertiary/aromatic N) is 2. The van der Waals surface area contributed by atoms with Gasteiger partial charge in [-0.05, 0) is 51.9 Å². The van der Waals surface area contributed by atoms with Crippen molar-refractivity contribution in [2.75, 3.05) is 33.8 Å². The van der Waals surface area contributed by atoms with Crippen molar-refractivity contribution in [3.8, 4) is 0 Å². The lowest BCUT2D eigenvalue weighted by molar-refractivity contribution is -0.138. The molecule has 6 nitrogen and oxygen atoms in total. The van der Waals surface area contributed by atoms with E-state index in [1.54, 1.807) is 0 Å². The molecule has 3 rings (SSSR count). The summed E-state index contributed by atoms with van der Waals surface area (Å²) in [7, 11) is 3.73. The van der Waals surface area contributed by atoms with Gasteiger partial charge in [0.25, 0.3) is 5.91 Å². The van der Waals surface area contributed by atoms with Crippen LogP contribution in [-0.2, 0) is 15.7 Å². The molecule has 1 aromatic carbocycles. The van der Waals surface area contributed by atoms with Gasteiger partial charge in [0.05, 0.1) is 17.7 Å². The Bertz CT molecular complexity index is 776. The molecule has 1 N–H and O–H groups in total. The highest BCUT2D eigenvalue weighted by Crippen LogP contribution is 2.42. The van der Waals surface area contributed by atoms with Crippen molar-refractivity contribution in [2.45, 2.75) is 50.0 Å². The molecule has 1 heterocycles. The standard InChI is InChI=1S/C21H28F3N3O3/c1-26(2)13-12-25-18(28)17-14-30-20(10-6-3-7-11-20)27(17)19(29)15-8-4-5-9-16(15)21(22,23)24/h4-5,8-9,17H,3,6-7,10-14H2,1-2H3,(H,25,28)/t17-/m0/s1. The van der Waals surface area contributed by atoms with E-state index in [0.29, 0.717) is 25.9 Å². The number of nitrogens with one attached hydrogen (secondary N) is 1. The highest BCUT2D eigenvalue weighted by Gasteiger charge is 2.53. The fraction of sp³-hybridized carbons (Fsp3) is 0.619. The third-order valence-electron chi connectivity index (χ3n) is 5.74. The largest absolute Gasteiger partial charge is 0.417 e. The van der Waals surface area contributed by atoms with Gasteiger partial charge in [0.1, 0.15) is 11.8 Å². The first kappa shape index (κ1) is 22.6. The van der Waals surface area contributed by atoms with Crippen LogP contribution in [0.4, 0.5) is 13.2 Å². The van der Waals surface area contributed by atoms with Crippen LogP contribution < -0.4 is 5.32 Å². The molecule has 2 fully saturated rings. The van der Waals surface area contributed by atoms with E-state index >= 15 is 0 Å². The van der Waals surface area contributed by atoms with Gasteiger partial charge in [0.15, 0.2) is 0 Å². The number of halogens is 3. The third-order valence-corrected chi connectivity index (χ3v) is 5.74. The molecule has 2 aliphatic rings. The summed E-state index contributed by atoms with van der Waals surface area (Å²) in [6, 6.07) is 3.75. The van der Waals surface area contributed by atoms with Crippen molar-refractivity contribution in [3.05, 3.63) is 35.4 Å². The van der Waals surface area contributed by atoms with E-state index in [9.17, 15) is 22.8 Å². The summed E-state index contributed by atoms with van der Waals surface area (Å²) < 4.78 is 46.6. The van der Waals surface area contributed by atoms with E-state index < -0.39 is 40.9 Å². The Balaban J connectivity index is 1.93. The summed E-state index contributed by atoms with van der Waals surface area (Å²) in [5, 5.41) is 2.78. The predicted molar refractivity (Wildman–Crippen MR) is 105 cm³/mol. The van der Waals surface area contributed by atoms with Crippen LogP contribution in [0.1, 0.15) is 48.0 Å². The zero-order valence-corrected chi connectivity index (χ0v) is 17.3. The van der Waals surface area contributed by atoms with Gasteiger partial charge in [0, 0.05) is 13.1 Å². The smallest absolute Gasteiger partial charge is 0.353 e. The first-order valence-corrected chi connectivity index (χ1v) is 10.2. The molecule has 1 aliphatic heterocycles. The van der Waals surface area contributed by atoms with Crippen molar-refractivity contribution in [1.82, 2.24) is 15.1 Å². The van der Waals surface area contributed by atoms with Crippen molar-refractivity contribution >= 4 is 11.8 Å². The second kappa shape index (κ2) is 8.93. The monoisotopic (exact) mass is 427 g/mol. The average molecular weight is 427 g/mol. The molecule has 166 valence electrons. The third kappa shape index (κ3) is 4.62. The number of rotatable bonds is 5. The van der Waals surface area contributed by atoms with E-state index in [2.05, 4.69) is 5.32 Å². The Morgan fingerprint density at radius 3 is 2.50 bits per heavy atom. The molecule has 1 saturated carbocycles. The number of amides is 2. The van der Waals surface area contributed by atoms with E-state index in [1.807, 2.05) is 19.0 Å². The lowest BCUT2D eigenvalue weighted by atomic mass is 9.89. The second-order valence-electron chi connectivity index (χ2n) is 8.15. The first-order valence-electron chi connectivity index (χ1n) is 10.2. The van der Waals surface area contributed by atoms with Gasteiger partial charge in [-0.15, -0.1) is 0 Å². The topological polar surface area (TPSA) is 61.9 Å². The molecule has 1 spiro atoms. The van der Waals surface area contributed by atoms with E-state index in [-0.39, 0.29) is 6.61 Å². The Kier molecular flexibility index (Phi) is 6.71. The molecule has 2 amide bonds. The van der Waals surface area contributed by atoms with Crippen molar-refractivity contribution in [2.24, 2.45) is 0 Å². The minimum absolute atomic E-state index is 0.0201. The zero-order chi connectivity index (χ0) is 21.9. The maximum atomic E-state index is 13.5. The Morgan fingerprint density at radius 2 is 1.87 bits per heavy atom. The Hall–Kier alpha value is -2.13. The molecule has 0 radical (unpaired) electrons. The fourth-order valence-corrected chi connectivity index (χ4v) is 4.24. The summed E-state index contributed by atoms with van der Waals surface area (Å²) in [6.07, 6.45) is -1.11. The number of alkyl halides is 3. The van der Waals surface area contributed by atoms with Gasteiger partial charge in [-0.25, -0.2) is 0 Å². The molecular formula is C21H28F3N3O3. The summed E-state index contributed by atoms with van der Waals surface area (Å²) in [6.45, 7) is 0.958. The van der Waals surface area contributed by atoms with Crippen molar-refractivity contribution < 1.29 is 27.5 Å². The van der Waals surface area contributed by atoms with E-state index in [0.717, 1.165) is 25.3 Å². The fourth-order valence-electron chi connectivity index (χ4n) is 4.24. The van der Waals surface area contributed by atoms with Crippen LogP contribution in [0, 0.1) is 0 Å². The van der Waals surface area contributed by atoms with Crippen LogP contribution >= 0.6 is 0 Å². The molecule has 9 heteroatoms. The summed E-state index contributed by atoms with van der Waals surface area (Å²) >= 11 is 0. The number of carbonyl (C=O) groups excluding carboxylic acids is 2. The quantitative estimate of drug-likeness (QED) is 0.785. The lowest BCUT2D eigenvalue weighted by Crippen LogP contribution is -2.57. The number of carbonyl (C=O) groups is 2. The normalized spacial score (nSPS) is 21.3. The maximum Gasteiger partial charge on any atom is 0.417 e. The number of likely N-dealkylation sites (N-methyl/N-ethyl adjacent to an activating group) is 1. The molecule has 0 aromatic heterocycles. The van der Waals surface area contributed by atoms with Crippen LogP contribution in [-0.4, -0.2) is 67.2 Å². The van der Waals surface area contributed by atoms with Gasteiger partial charge in [0.2, 0.25) is 5.91 Å². The van der Waals surface area contributed by atoms with Gasteiger partial charge in [-0.1, -0.05) is 18.6 Å². The van der Waals surface area contributed by atoms with Crippen LogP contribution in [0.2, 0.25) is 0 Å². The van der Waals surface area contributed by atoms with Crippen molar-refractivity contribution in [1.29, 1.82) is 0 Å². The number of ether oxygens (including phenoxy) is 1. The molecule has 1 saturated heterocycles. The number of benzene rings is 1. The van der Waals surface area contributed by atoms with Gasteiger partial charge in [-0.2, -0.15) is 13.2 Å². The minimum Gasteiger partial charge on any atom is -0.353 e. The van der Waals surface area contributed by atoms with Crippen molar-refractivity contribution in [3.63, 3.8) is 0 Å². The first-order chi connectivity index (χ1) is 14.2. The molecule has 0 unspecified atom stereocenters. The lowest BCUT2D eigenvalue weighted by Gasteiger charge is -2.41. The van der Waals surface area contributed by atoms with E-state index in [1.165, 1.54) is 23.1 Å². The van der Waals surface area contributed by atoms with Crippen LogP contribution in [0.15, 0.2) is 24.3 Å². The molecule has 1 aliphatic carbocycles. The second-order valence-corrected chi connectivity index (χ2v) is 8.15. The highest BCUT2D eigenvalue weighted by molar-refractivity contribution is 5.99. The number of hydrogen-bond donors (Lipinski definition) is 1. The SMILES string of the molecule is CN(C)CCNC(=O)[C@@H]1COC2(CCCCC2)N1C(=O)c1ccccc1C(F)(F)F. The summed E-state index contributed by atoms with van der Waals surface area (Å²) in [5.74, 6) is -1.22. The van der Waals surface area contributed by atoms with Crippen LogP contribution in [0.5, 0.6) is 0 Å². The minimum atomic E-state index is -4.67. The highest BCUT2D eigenvalue weighted by atomic mass is 19.4. The average Bonchev–Trinajstić information content (AvgIpc) is 3.05. The molecule has 30 heavy (non-hydrogen) atoms. The van der Waals surface area contributed by atoms with Crippen LogP contribution in [0.3, 0.4) is 0 Å². The summed E-state index contributed by atoms with van der Waals surface area (Å²) in [4.78, 5) is 29.5. The zero-order valence-electron chi connectivity index (χ0n) is 17.3. The van der Waals surface area contributed by atoms with Gasteiger partial charge < -0.3 is 15.0 Å². The number of hydrogen-bond acceptors (Lipinski definition) is 4. The summed E-state index contributed by atoms with van der Waals surface area (Å²) in [5.41, 5.74) is -2.48. The molecular weight excluding hydrogens is 399 g/mol. The van der Waals surface area contributed by atoms with E-state index in [4.69, 9.17) is 4.74 Å². The molecule has 0 bridgehead atoms. The predicted octanol–water partition coefficient (Wildman–Crippen LogP) is 2.88. The van der Waals surface area contributed by atoms with Gasteiger partial charge >= 0.3 is 6.18 Å². The van der Waals surface area contributed by atoms with Gasteiger partial charge in [-0.3, -0.25) is 14.5 Å². The van der Waals surface area contributed by atoms with Crippen LogP contribution in [0.25, 0.3) is 0 Å². The Morgan fingerprint density at radius 1 is 1.20 bits per heavy atom. The Labute approximate surface area is 174 Å². The molecule has 1 atom stereocenters.